The van der Waals surface area contributed by atoms with Gasteiger partial charge in [-0.3, -0.25) is 9.59 Å². The fraction of sp³-hybridized carbons (Fsp3) is 0.364. The van der Waals surface area contributed by atoms with Crippen LogP contribution in [0.3, 0.4) is 0 Å². The zero-order chi connectivity index (χ0) is 20.3. The minimum absolute atomic E-state index is 0.0293. The first-order chi connectivity index (χ1) is 13.4. The minimum atomic E-state index is -0.112. The van der Waals surface area contributed by atoms with Gasteiger partial charge in [-0.15, -0.1) is 0 Å². The topological polar surface area (TPSA) is 61.9 Å². The van der Waals surface area contributed by atoms with Crippen molar-refractivity contribution in [2.24, 2.45) is 0 Å². The number of nitrogens with one attached hydrogen (secondary N) is 1. The van der Waals surface area contributed by atoms with E-state index in [1.54, 1.807) is 25.0 Å². The lowest BCUT2D eigenvalue weighted by molar-refractivity contribution is -0.116. The highest BCUT2D eigenvalue weighted by Crippen LogP contribution is 2.29. The lowest BCUT2D eigenvalue weighted by Gasteiger charge is -2.25. The summed E-state index contributed by atoms with van der Waals surface area (Å²) in [5.74, 6) is 0.714. The van der Waals surface area contributed by atoms with E-state index >= 15 is 0 Å². The van der Waals surface area contributed by atoms with Crippen LogP contribution in [0.4, 0.5) is 5.69 Å². The van der Waals surface area contributed by atoms with Crippen molar-refractivity contribution < 1.29 is 14.3 Å². The molecule has 1 N–H and O–H groups in total. The lowest BCUT2D eigenvalue weighted by atomic mass is 10.0. The maximum absolute atomic E-state index is 12.7. The highest BCUT2D eigenvalue weighted by atomic mass is 16.5. The van der Waals surface area contributed by atoms with Crippen LogP contribution in [0.1, 0.15) is 34.5 Å². The van der Waals surface area contributed by atoms with Crippen molar-refractivity contribution in [3.05, 3.63) is 59.2 Å². The Kier molecular flexibility index (Phi) is 5.99. The molecule has 0 saturated heterocycles. The maximum Gasteiger partial charge on any atom is 0.251 e. The highest BCUT2D eigenvalue weighted by molar-refractivity contribution is 5.97. The van der Waals surface area contributed by atoms with Gasteiger partial charge < -0.3 is 19.9 Å². The van der Waals surface area contributed by atoms with E-state index in [4.69, 9.17) is 4.74 Å². The average molecular weight is 381 g/mol. The first-order valence-electron chi connectivity index (χ1n) is 9.40. The van der Waals surface area contributed by atoms with Gasteiger partial charge in [0.15, 0.2) is 0 Å². The summed E-state index contributed by atoms with van der Waals surface area (Å²) in [6.45, 7) is 2.72. The summed E-state index contributed by atoms with van der Waals surface area (Å²) in [5.41, 5.74) is 3.65. The fourth-order valence-electron chi connectivity index (χ4n) is 3.61. The molecule has 2 amide bonds. The van der Waals surface area contributed by atoms with Gasteiger partial charge in [-0.25, -0.2) is 0 Å². The number of methoxy groups -OCH3 is 1. The molecule has 2 aromatic rings. The number of hydrogen-bond donors (Lipinski definition) is 1. The molecule has 3 rings (SSSR count). The Morgan fingerprint density at radius 1 is 1.21 bits per heavy atom. The molecule has 2 aromatic carbocycles. The molecule has 0 spiro atoms. The number of rotatable bonds is 6. The number of hydrogen-bond acceptors (Lipinski definition) is 4. The Bertz CT molecular complexity index is 879. The molecule has 0 saturated carbocycles. The first kappa shape index (κ1) is 19.9. The number of benzene rings is 2. The summed E-state index contributed by atoms with van der Waals surface area (Å²) < 4.78 is 5.31. The van der Waals surface area contributed by atoms with Gasteiger partial charge >= 0.3 is 0 Å². The molecule has 0 bridgehead atoms. The standard InChI is InChI=1S/C22H27N3O3/c1-15(26)25-11-10-17-12-18(8-9-20(17)25)22(27)23-14-21(24(2)3)16-6-5-7-19(13-16)28-4/h5-9,12-13,21H,10-11,14H2,1-4H3,(H,23,27). The molecular formula is C22H27N3O3. The molecule has 0 fully saturated rings. The van der Waals surface area contributed by atoms with E-state index in [1.165, 1.54) is 0 Å². The zero-order valence-electron chi connectivity index (χ0n) is 16.9. The van der Waals surface area contributed by atoms with Crippen LogP contribution < -0.4 is 15.0 Å². The minimum Gasteiger partial charge on any atom is -0.497 e. The van der Waals surface area contributed by atoms with Gasteiger partial charge in [0, 0.05) is 31.3 Å². The van der Waals surface area contributed by atoms with Gasteiger partial charge in [-0.2, -0.15) is 0 Å². The first-order valence-corrected chi connectivity index (χ1v) is 9.40. The van der Waals surface area contributed by atoms with Crippen LogP contribution in [0, 0.1) is 0 Å². The Balaban J connectivity index is 1.71. The van der Waals surface area contributed by atoms with Crippen LogP contribution in [-0.2, 0) is 11.2 Å². The number of likely N-dealkylation sites (N-methyl/N-ethyl adjacent to an activating group) is 1. The van der Waals surface area contributed by atoms with Gasteiger partial charge in [-0.1, -0.05) is 12.1 Å². The lowest BCUT2D eigenvalue weighted by Crippen LogP contribution is -2.34. The van der Waals surface area contributed by atoms with Gasteiger partial charge in [0.25, 0.3) is 5.91 Å². The van der Waals surface area contributed by atoms with Crippen LogP contribution in [0.5, 0.6) is 5.75 Å². The SMILES string of the molecule is COc1cccc(C(CNC(=O)c2ccc3c(c2)CCN3C(C)=O)N(C)C)c1. The predicted molar refractivity (Wildman–Crippen MR) is 110 cm³/mol. The molecular weight excluding hydrogens is 354 g/mol. The van der Waals surface area contributed by atoms with E-state index in [9.17, 15) is 9.59 Å². The Morgan fingerprint density at radius 3 is 2.68 bits per heavy atom. The second-order valence-corrected chi connectivity index (χ2v) is 7.23. The second-order valence-electron chi connectivity index (χ2n) is 7.23. The number of carbonyl (C=O) groups is 2. The summed E-state index contributed by atoms with van der Waals surface area (Å²) in [5, 5.41) is 3.04. The Morgan fingerprint density at radius 2 is 2.00 bits per heavy atom. The number of anilines is 1. The number of carbonyl (C=O) groups excluding carboxylic acids is 2. The van der Waals surface area contributed by atoms with E-state index in [2.05, 4.69) is 10.2 Å². The van der Waals surface area contributed by atoms with Crippen LogP contribution in [0.2, 0.25) is 0 Å². The number of fused-ring (bicyclic) bond motifs is 1. The van der Waals surface area contributed by atoms with Crippen LogP contribution >= 0.6 is 0 Å². The van der Waals surface area contributed by atoms with E-state index in [0.29, 0.717) is 18.7 Å². The maximum atomic E-state index is 12.7. The van der Waals surface area contributed by atoms with E-state index in [-0.39, 0.29) is 17.9 Å². The van der Waals surface area contributed by atoms with E-state index in [0.717, 1.165) is 29.0 Å². The quantitative estimate of drug-likeness (QED) is 0.836. The molecule has 0 radical (unpaired) electrons. The van der Waals surface area contributed by atoms with Crippen molar-refractivity contribution in [3.8, 4) is 5.75 Å². The van der Waals surface area contributed by atoms with Crippen molar-refractivity contribution in [3.63, 3.8) is 0 Å². The molecule has 6 nitrogen and oxygen atoms in total. The number of nitrogens with zero attached hydrogens (tertiary/aromatic N) is 2. The van der Waals surface area contributed by atoms with Crippen LogP contribution in [0.15, 0.2) is 42.5 Å². The van der Waals surface area contributed by atoms with Crippen molar-refractivity contribution in [1.29, 1.82) is 0 Å². The third-order valence-corrected chi connectivity index (χ3v) is 5.18. The normalized spacial score (nSPS) is 14.0. The monoisotopic (exact) mass is 381 g/mol. The smallest absolute Gasteiger partial charge is 0.251 e. The third kappa shape index (κ3) is 4.17. The number of amides is 2. The Labute approximate surface area is 166 Å². The fourth-order valence-corrected chi connectivity index (χ4v) is 3.61. The molecule has 1 aliphatic heterocycles. The summed E-state index contributed by atoms with van der Waals surface area (Å²) in [6.07, 6.45) is 0.778. The van der Waals surface area contributed by atoms with Gasteiger partial charge in [0.1, 0.15) is 5.75 Å². The molecule has 0 aromatic heterocycles. The Hall–Kier alpha value is -2.86. The number of ether oxygens (including phenoxy) is 1. The summed E-state index contributed by atoms with van der Waals surface area (Å²) in [4.78, 5) is 28.2. The van der Waals surface area contributed by atoms with Crippen molar-refractivity contribution in [2.75, 3.05) is 39.2 Å². The third-order valence-electron chi connectivity index (χ3n) is 5.18. The van der Waals surface area contributed by atoms with E-state index < -0.39 is 0 Å². The van der Waals surface area contributed by atoms with Crippen LogP contribution in [0.25, 0.3) is 0 Å². The van der Waals surface area contributed by atoms with Crippen molar-refractivity contribution in [1.82, 2.24) is 10.2 Å². The molecule has 1 unspecified atom stereocenters. The second kappa shape index (κ2) is 8.44. The summed E-state index contributed by atoms with van der Waals surface area (Å²) in [7, 11) is 5.62. The van der Waals surface area contributed by atoms with Crippen LogP contribution in [-0.4, -0.2) is 51.0 Å². The van der Waals surface area contributed by atoms with E-state index in [1.807, 2.05) is 50.5 Å². The van der Waals surface area contributed by atoms with Crippen molar-refractivity contribution >= 4 is 17.5 Å². The molecule has 6 heteroatoms. The molecule has 1 aliphatic rings. The largest absolute Gasteiger partial charge is 0.497 e. The van der Waals surface area contributed by atoms with Gasteiger partial charge in [-0.05, 0) is 62.0 Å². The molecule has 1 atom stereocenters. The zero-order valence-corrected chi connectivity index (χ0v) is 16.9. The van der Waals surface area contributed by atoms with Gasteiger partial charge in [0.05, 0.1) is 13.2 Å². The van der Waals surface area contributed by atoms with Gasteiger partial charge in [0.2, 0.25) is 5.91 Å². The average Bonchev–Trinajstić information content (AvgIpc) is 3.11. The predicted octanol–water partition coefficient (Wildman–Crippen LogP) is 2.64. The summed E-state index contributed by atoms with van der Waals surface area (Å²) in [6, 6.07) is 13.5. The highest BCUT2D eigenvalue weighted by Gasteiger charge is 2.23. The molecule has 1 heterocycles. The summed E-state index contributed by atoms with van der Waals surface area (Å²) >= 11 is 0. The van der Waals surface area contributed by atoms with Crippen molar-refractivity contribution in [2.45, 2.75) is 19.4 Å². The molecule has 28 heavy (non-hydrogen) atoms. The molecule has 148 valence electrons. The molecule has 0 aliphatic carbocycles.